The Bertz CT molecular complexity index is 875. The van der Waals surface area contributed by atoms with E-state index < -0.39 is 17.6 Å². The van der Waals surface area contributed by atoms with Gasteiger partial charge in [0.2, 0.25) is 5.91 Å². The van der Waals surface area contributed by atoms with Crippen molar-refractivity contribution in [3.8, 4) is 0 Å². The number of amides is 2. The molecule has 2 aromatic heterocycles. The highest BCUT2D eigenvalue weighted by Crippen LogP contribution is 2.45. The van der Waals surface area contributed by atoms with Gasteiger partial charge in [-0.1, -0.05) is 0 Å². The van der Waals surface area contributed by atoms with Gasteiger partial charge < -0.3 is 16.4 Å². The normalized spacial score (nSPS) is 14.8. The van der Waals surface area contributed by atoms with E-state index in [4.69, 9.17) is 11.5 Å². The van der Waals surface area contributed by atoms with Crippen LogP contribution in [0.4, 0.5) is 18.9 Å². The zero-order valence-electron chi connectivity index (χ0n) is 12.5. The first-order chi connectivity index (χ1) is 11.1. The molecule has 0 fully saturated rings. The number of rotatable bonds is 1. The van der Waals surface area contributed by atoms with Gasteiger partial charge in [0.05, 0.1) is 11.3 Å². The van der Waals surface area contributed by atoms with Crippen LogP contribution in [0, 0.1) is 0 Å². The minimum Gasteiger partial charge on any atom is -0.397 e. The van der Waals surface area contributed by atoms with Crippen LogP contribution in [0.1, 0.15) is 33.4 Å². The Hall–Kier alpha value is -2.36. The Morgan fingerprint density at radius 3 is 2.54 bits per heavy atom. The molecule has 0 saturated carbocycles. The molecule has 0 bridgehead atoms. The molecule has 0 atom stereocenters. The topological polar surface area (TPSA) is 102 Å². The predicted octanol–water partition coefficient (Wildman–Crippen LogP) is 1.90. The molecule has 24 heavy (non-hydrogen) atoms. The standard InChI is InChI=1S/C14H13F3N4O2S/c1-5(22)21-3-2-7-6(4-21)9(14(15,16)17)8-10(18)11(12(19)23)24-13(8)20-7/h2-4,18H2,1H3,(H2,19,23). The van der Waals surface area contributed by atoms with Gasteiger partial charge in [0, 0.05) is 43.1 Å². The molecule has 2 amide bonds. The maximum atomic E-state index is 13.7. The van der Waals surface area contributed by atoms with Gasteiger partial charge in [0.1, 0.15) is 9.71 Å². The van der Waals surface area contributed by atoms with Crippen molar-refractivity contribution in [1.82, 2.24) is 9.88 Å². The van der Waals surface area contributed by atoms with Crippen LogP contribution in [-0.4, -0.2) is 28.2 Å². The van der Waals surface area contributed by atoms with E-state index in [9.17, 15) is 22.8 Å². The molecule has 4 N–H and O–H groups in total. The number of hydrogen-bond donors (Lipinski definition) is 2. The molecule has 0 radical (unpaired) electrons. The Balaban J connectivity index is 2.36. The molecule has 0 saturated heterocycles. The number of carbonyl (C=O) groups excluding carboxylic acids is 2. The van der Waals surface area contributed by atoms with Crippen LogP contribution in [0.3, 0.4) is 0 Å². The number of hydrogen-bond acceptors (Lipinski definition) is 5. The fourth-order valence-corrected chi connectivity index (χ4v) is 3.87. The van der Waals surface area contributed by atoms with Crippen molar-refractivity contribution < 1.29 is 22.8 Å². The maximum absolute atomic E-state index is 13.7. The lowest BCUT2D eigenvalue weighted by Crippen LogP contribution is -2.36. The van der Waals surface area contributed by atoms with Crippen molar-refractivity contribution in [1.29, 1.82) is 0 Å². The molecule has 0 unspecified atom stereocenters. The van der Waals surface area contributed by atoms with Crippen molar-refractivity contribution in [3.05, 3.63) is 21.7 Å². The van der Waals surface area contributed by atoms with Gasteiger partial charge in [-0.3, -0.25) is 9.59 Å². The maximum Gasteiger partial charge on any atom is 0.417 e. The first-order valence-corrected chi connectivity index (χ1v) is 7.79. The van der Waals surface area contributed by atoms with E-state index >= 15 is 0 Å². The molecule has 3 heterocycles. The highest BCUT2D eigenvalue weighted by Gasteiger charge is 2.40. The highest BCUT2D eigenvalue weighted by molar-refractivity contribution is 7.21. The summed E-state index contributed by atoms with van der Waals surface area (Å²) in [7, 11) is 0. The average molecular weight is 358 g/mol. The van der Waals surface area contributed by atoms with Crippen LogP contribution in [0.5, 0.6) is 0 Å². The molecule has 6 nitrogen and oxygen atoms in total. The number of nitrogens with zero attached hydrogens (tertiary/aromatic N) is 2. The molecule has 1 aliphatic rings. The zero-order chi connectivity index (χ0) is 17.8. The molecule has 0 spiro atoms. The zero-order valence-corrected chi connectivity index (χ0v) is 13.3. The number of nitrogens with two attached hydrogens (primary N) is 2. The van der Waals surface area contributed by atoms with Crippen LogP contribution in [0.25, 0.3) is 10.2 Å². The lowest BCUT2D eigenvalue weighted by atomic mass is 9.96. The third kappa shape index (κ3) is 2.46. The molecule has 10 heteroatoms. The molecule has 2 aromatic rings. The van der Waals surface area contributed by atoms with Crippen molar-refractivity contribution in [2.75, 3.05) is 12.3 Å². The number of primary amides is 1. The van der Waals surface area contributed by atoms with Crippen LogP contribution >= 0.6 is 11.3 Å². The molecule has 0 aliphatic carbocycles. The van der Waals surface area contributed by atoms with Crippen LogP contribution in [-0.2, 0) is 23.9 Å². The number of carbonyl (C=O) groups is 2. The minimum absolute atomic E-state index is 0.0312. The Labute approximate surface area is 138 Å². The van der Waals surface area contributed by atoms with Crippen LogP contribution in [0.15, 0.2) is 0 Å². The number of thiophene rings is 1. The van der Waals surface area contributed by atoms with Gasteiger partial charge >= 0.3 is 6.18 Å². The van der Waals surface area contributed by atoms with E-state index in [-0.39, 0.29) is 50.9 Å². The Morgan fingerprint density at radius 1 is 1.33 bits per heavy atom. The van der Waals surface area contributed by atoms with Gasteiger partial charge in [0.15, 0.2) is 0 Å². The largest absolute Gasteiger partial charge is 0.417 e. The van der Waals surface area contributed by atoms with Crippen LogP contribution < -0.4 is 11.5 Å². The van der Waals surface area contributed by atoms with Gasteiger partial charge in [-0.2, -0.15) is 13.2 Å². The first kappa shape index (κ1) is 16.5. The van der Waals surface area contributed by atoms with Crippen LogP contribution in [0.2, 0.25) is 0 Å². The summed E-state index contributed by atoms with van der Waals surface area (Å²) in [4.78, 5) is 28.4. The second kappa shape index (κ2) is 5.33. The summed E-state index contributed by atoms with van der Waals surface area (Å²) in [5.74, 6) is -1.21. The van der Waals surface area contributed by atoms with E-state index in [1.54, 1.807) is 0 Å². The van der Waals surface area contributed by atoms with E-state index in [2.05, 4.69) is 4.98 Å². The number of anilines is 1. The summed E-state index contributed by atoms with van der Waals surface area (Å²) in [6.07, 6.45) is -4.49. The van der Waals surface area contributed by atoms with Gasteiger partial charge in [0.25, 0.3) is 5.91 Å². The lowest BCUT2D eigenvalue weighted by Gasteiger charge is -2.29. The van der Waals surface area contributed by atoms with Crippen molar-refractivity contribution in [3.63, 3.8) is 0 Å². The molecular formula is C14H13F3N4O2S. The number of fused-ring (bicyclic) bond motifs is 2. The Kier molecular flexibility index (Phi) is 3.67. The average Bonchev–Trinajstić information content (AvgIpc) is 2.80. The monoisotopic (exact) mass is 358 g/mol. The summed E-state index contributed by atoms with van der Waals surface area (Å²) in [6.45, 7) is 1.40. The molecular weight excluding hydrogens is 345 g/mol. The number of nitrogen functional groups attached to an aromatic ring is 1. The molecule has 1 aliphatic heterocycles. The fourth-order valence-electron chi connectivity index (χ4n) is 2.89. The van der Waals surface area contributed by atoms with Gasteiger partial charge in [-0.25, -0.2) is 4.98 Å². The summed E-state index contributed by atoms with van der Waals surface area (Å²) < 4.78 is 41.2. The molecule has 128 valence electrons. The molecule has 3 rings (SSSR count). The number of alkyl halides is 3. The summed E-state index contributed by atoms with van der Waals surface area (Å²) in [6, 6.07) is 0. The van der Waals surface area contributed by atoms with Crippen molar-refractivity contribution in [2.24, 2.45) is 5.73 Å². The van der Waals surface area contributed by atoms with Crippen molar-refractivity contribution in [2.45, 2.75) is 26.1 Å². The second-order valence-corrected chi connectivity index (χ2v) is 6.49. The third-order valence-electron chi connectivity index (χ3n) is 3.98. The number of aromatic nitrogens is 1. The summed E-state index contributed by atoms with van der Waals surface area (Å²) >= 11 is 0.751. The van der Waals surface area contributed by atoms with Gasteiger partial charge in [-0.05, 0) is 0 Å². The van der Waals surface area contributed by atoms with E-state index in [1.807, 2.05) is 0 Å². The summed E-state index contributed by atoms with van der Waals surface area (Å²) in [5.41, 5.74) is 9.88. The van der Waals surface area contributed by atoms with E-state index in [1.165, 1.54) is 11.8 Å². The predicted molar refractivity (Wildman–Crippen MR) is 82.3 cm³/mol. The fraction of sp³-hybridized carbons (Fsp3) is 0.357. The van der Waals surface area contributed by atoms with E-state index in [0.717, 1.165) is 11.3 Å². The third-order valence-corrected chi connectivity index (χ3v) is 5.10. The highest BCUT2D eigenvalue weighted by atomic mass is 32.1. The number of pyridine rings is 1. The molecule has 0 aromatic carbocycles. The number of halogens is 3. The minimum atomic E-state index is -4.70. The second-order valence-electron chi connectivity index (χ2n) is 5.49. The summed E-state index contributed by atoms with van der Waals surface area (Å²) in [5, 5.41) is -0.314. The Morgan fingerprint density at radius 2 is 2.00 bits per heavy atom. The SMILES string of the molecule is CC(=O)N1CCc2nc3sc(C(N)=O)c(N)c3c(C(F)(F)F)c2C1. The first-order valence-electron chi connectivity index (χ1n) is 6.97. The smallest absolute Gasteiger partial charge is 0.397 e. The van der Waals surface area contributed by atoms with Gasteiger partial charge in [-0.15, -0.1) is 11.3 Å². The van der Waals surface area contributed by atoms with E-state index in [0.29, 0.717) is 6.54 Å². The quantitative estimate of drug-likeness (QED) is 0.813. The lowest BCUT2D eigenvalue weighted by molar-refractivity contribution is -0.138. The van der Waals surface area contributed by atoms with Crippen molar-refractivity contribution >= 4 is 39.1 Å².